The molecule has 3 unspecified atom stereocenters. The van der Waals surface area contributed by atoms with Crippen LogP contribution in [0.4, 0.5) is 0 Å². The van der Waals surface area contributed by atoms with Crippen molar-refractivity contribution in [2.24, 2.45) is 5.92 Å². The third-order valence-corrected chi connectivity index (χ3v) is 11.9. The highest BCUT2D eigenvalue weighted by molar-refractivity contribution is 6.99. The SMILES string of the molecule is C=C/C=C\C=C\[Si](C1=CCCC=C1)(C(/C=C\C)=C/C)C1C=CC(/C=C/CC2C=CC=CC2)=CC1. The molecular weight excluding hydrogens is 424 g/mol. The maximum Gasteiger partial charge on any atom is 0.147 e. The molecule has 3 rings (SSSR count). The van der Waals surface area contributed by atoms with Crippen LogP contribution >= 0.6 is 0 Å². The van der Waals surface area contributed by atoms with Crippen LogP contribution in [0.5, 0.6) is 0 Å². The van der Waals surface area contributed by atoms with E-state index in [0.29, 0.717) is 11.5 Å². The summed E-state index contributed by atoms with van der Waals surface area (Å²) in [6.45, 7) is 8.16. The van der Waals surface area contributed by atoms with Crippen molar-refractivity contribution in [3.8, 4) is 0 Å². The van der Waals surface area contributed by atoms with Crippen LogP contribution in [0.1, 0.15) is 46.0 Å². The van der Waals surface area contributed by atoms with E-state index in [4.69, 9.17) is 0 Å². The molecule has 0 bridgehead atoms. The zero-order chi connectivity index (χ0) is 24.1. The van der Waals surface area contributed by atoms with Crippen molar-refractivity contribution in [2.45, 2.75) is 51.5 Å². The molecule has 34 heavy (non-hydrogen) atoms. The maximum atomic E-state index is 3.83. The Morgan fingerprint density at radius 2 is 1.91 bits per heavy atom. The largest absolute Gasteiger partial charge is 0.147 e. The topological polar surface area (TPSA) is 0 Å². The van der Waals surface area contributed by atoms with E-state index < -0.39 is 8.07 Å². The Labute approximate surface area is 209 Å². The maximum absolute atomic E-state index is 3.83. The zero-order valence-corrected chi connectivity index (χ0v) is 21.9. The lowest BCUT2D eigenvalue weighted by Gasteiger charge is -2.39. The third kappa shape index (κ3) is 6.58. The first-order valence-electron chi connectivity index (χ1n) is 12.8. The lowest BCUT2D eigenvalue weighted by atomic mass is 9.96. The fourth-order valence-corrected chi connectivity index (χ4v) is 10.0. The molecule has 0 nitrogen and oxygen atoms in total. The second-order valence-corrected chi connectivity index (χ2v) is 13.1. The van der Waals surface area contributed by atoms with Gasteiger partial charge in [-0.25, -0.2) is 0 Å². The van der Waals surface area contributed by atoms with Crippen LogP contribution in [-0.4, -0.2) is 8.07 Å². The van der Waals surface area contributed by atoms with Gasteiger partial charge in [-0.2, -0.15) is 0 Å². The average molecular weight is 465 g/mol. The summed E-state index contributed by atoms with van der Waals surface area (Å²) in [7, 11) is -2.17. The Morgan fingerprint density at radius 3 is 2.56 bits per heavy atom. The molecule has 3 aliphatic rings. The molecule has 0 saturated heterocycles. The summed E-state index contributed by atoms with van der Waals surface area (Å²) in [5.74, 6) is 0.638. The van der Waals surface area contributed by atoms with Gasteiger partial charge in [0.2, 0.25) is 0 Å². The molecule has 1 heteroatoms. The first-order valence-corrected chi connectivity index (χ1v) is 14.9. The summed E-state index contributed by atoms with van der Waals surface area (Å²) < 4.78 is 0. The monoisotopic (exact) mass is 464 g/mol. The highest BCUT2D eigenvalue weighted by Crippen LogP contribution is 2.44. The van der Waals surface area contributed by atoms with Gasteiger partial charge in [0.15, 0.2) is 0 Å². The van der Waals surface area contributed by atoms with Crippen LogP contribution in [0.15, 0.2) is 144 Å². The van der Waals surface area contributed by atoms with Gasteiger partial charge in [-0.05, 0) is 63.0 Å². The van der Waals surface area contributed by atoms with Gasteiger partial charge in [0, 0.05) is 0 Å². The van der Waals surface area contributed by atoms with Crippen LogP contribution in [0.2, 0.25) is 5.54 Å². The standard InChI is InChI=1S/C33H40Si/c1-4-7-8-15-28-34(31(6-3)17-5-2,32-22-13-10-14-23-32)33-26-24-30(25-27-33)21-16-20-29-18-11-9-12-19-29/h4-9,11-13,15-18,21-26,28-29,33H,1,10,14,19-20,27H2,2-3H3/b8-7-,17-5-,21-16+,28-15+,31-6+. The molecule has 0 aromatic rings. The fraction of sp³-hybridized carbons (Fsp3) is 0.273. The van der Waals surface area contributed by atoms with E-state index in [-0.39, 0.29) is 0 Å². The van der Waals surface area contributed by atoms with E-state index in [0.717, 1.165) is 32.1 Å². The van der Waals surface area contributed by atoms with Crippen molar-refractivity contribution in [2.75, 3.05) is 0 Å². The van der Waals surface area contributed by atoms with Crippen LogP contribution in [0, 0.1) is 5.92 Å². The first-order chi connectivity index (χ1) is 16.7. The Kier molecular flexibility index (Phi) is 10.4. The predicted molar refractivity (Wildman–Crippen MR) is 155 cm³/mol. The molecule has 3 aliphatic carbocycles. The number of hydrogen-bond acceptors (Lipinski definition) is 0. The lowest BCUT2D eigenvalue weighted by Crippen LogP contribution is -2.43. The fourth-order valence-electron chi connectivity index (χ4n) is 5.12. The van der Waals surface area contributed by atoms with Crippen LogP contribution in [-0.2, 0) is 0 Å². The Bertz CT molecular complexity index is 1020. The molecular formula is C33H40Si. The van der Waals surface area contributed by atoms with Crippen LogP contribution < -0.4 is 0 Å². The summed E-state index contributed by atoms with van der Waals surface area (Å²) in [5.41, 5.74) is 4.36. The quantitative estimate of drug-likeness (QED) is 0.223. The highest BCUT2D eigenvalue weighted by Gasteiger charge is 2.42. The molecule has 3 atom stereocenters. The van der Waals surface area contributed by atoms with Crippen molar-refractivity contribution in [1.82, 2.24) is 0 Å². The average Bonchev–Trinajstić information content (AvgIpc) is 2.89. The molecule has 176 valence electrons. The highest BCUT2D eigenvalue weighted by atomic mass is 28.3. The van der Waals surface area contributed by atoms with Crippen molar-refractivity contribution < 1.29 is 0 Å². The van der Waals surface area contributed by atoms with Gasteiger partial charge < -0.3 is 0 Å². The smallest absolute Gasteiger partial charge is 0.0991 e. The molecule has 0 amide bonds. The van der Waals surface area contributed by atoms with Gasteiger partial charge in [-0.15, -0.1) is 0 Å². The van der Waals surface area contributed by atoms with Crippen LogP contribution in [0.25, 0.3) is 0 Å². The van der Waals surface area contributed by atoms with E-state index in [9.17, 15) is 0 Å². The summed E-state index contributed by atoms with van der Waals surface area (Å²) >= 11 is 0. The summed E-state index contributed by atoms with van der Waals surface area (Å²) in [6.07, 6.45) is 48.9. The van der Waals surface area contributed by atoms with Crippen LogP contribution in [0.3, 0.4) is 0 Å². The van der Waals surface area contributed by atoms with Gasteiger partial charge in [0.25, 0.3) is 0 Å². The molecule has 0 fully saturated rings. The Hall–Kier alpha value is -2.90. The van der Waals surface area contributed by atoms with Crippen molar-refractivity contribution in [1.29, 1.82) is 0 Å². The van der Waals surface area contributed by atoms with E-state index in [2.05, 4.69) is 129 Å². The minimum absolute atomic E-state index is 0.487. The lowest BCUT2D eigenvalue weighted by molar-refractivity contribution is 0.669. The third-order valence-electron chi connectivity index (χ3n) is 6.86. The second-order valence-electron chi connectivity index (χ2n) is 9.08. The number of rotatable bonds is 10. The molecule has 0 heterocycles. The molecule has 0 aromatic heterocycles. The molecule has 0 aromatic carbocycles. The number of allylic oxidation sites excluding steroid dienone is 22. The molecule has 0 saturated carbocycles. The molecule has 0 aliphatic heterocycles. The second kappa shape index (κ2) is 13.7. The Morgan fingerprint density at radius 1 is 1.00 bits per heavy atom. The van der Waals surface area contributed by atoms with Crippen molar-refractivity contribution in [3.63, 3.8) is 0 Å². The van der Waals surface area contributed by atoms with E-state index in [1.165, 1.54) is 16.0 Å². The predicted octanol–water partition coefficient (Wildman–Crippen LogP) is 9.49. The minimum atomic E-state index is -2.17. The van der Waals surface area contributed by atoms with Gasteiger partial charge in [0.1, 0.15) is 8.07 Å². The zero-order valence-electron chi connectivity index (χ0n) is 20.9. The normalized spacial score (nSPS) is 24.9. The summed E-state index contributed by atoms with van der Waals surface area (Å²) in [4.78, 5) is 0. The minimum Gasteiger partial charge on any atom is -0.0991 e. The Balaban J connectivity index is 1.90. The van der Waals surface area contributed by atoms with Crippen molar-refractivity contribution >= 4 is 8.07 Å². The first kappa shape index (κ1) is 25.7. The van der Waals surface area contributed by atoms with Gasteiger partial charge >= 0.3 is 0 Å². The molecule has 0 N–H and O–H groups in total. The summed E-state index contributed by atoms with van der Waals surface area (Å²) in [6, 6.07) is 0. The van der Waals surface area contributed by atoms with E-state index in [1.54, 1.807) is 0 Å². The van der Waals surface area contributed by atoms with Gasteiger partial charge in [-0.1, -0.05) is 138 Å². The van der Waals surface area contributed by atoms with E-state index >= 15 is 0 Å². The van der Waals surface area contributed by atoms with Gasteiger partial charge in [0.05, 0.1) is 0 Å². The summed E-state index contributed by atoms with van der Waals surface area (Å²) in [5, 5.41) is 3.02. The number of hydrogen-bond donors (Lipinski definition) is 0. The van der Waals surface area contributed by atoms with Gasteiger partial charge in [-0.3, -0.25) is 0 Å². The molecule has 0 radical (unpaired) electrons. The van der Waals surface area contributed by atoms with Crippen molar-refractivity contribution in [3.05, 3.63) is 144 Å². The molecule has 0 spiro atoms. The van der Waals surface area contributed by atoms with E-state index in [1.807, 2.05) is 12.2 Å².